The van der Waals surface area contributed by atoms with E-state index in [9.17, 15) is 17.8 Å². The summed E-state index contributed by atoms with van der Waals surface area (Å²) >= 11 is 0. The van der Waals surface area contributed by atoms with Crippen LogP contribution in [0.2, 0.25) is 0 Å². The molecule has 5 N–H and O–H groups in total. The van der Waals surface area contributed by atoms with Crippen LogP contribution in [0.3, 0.4) is 0 Å². The fourth-order valence-corrected chi connectivity index (χ4v) is 3.49. The molecule has 1 heterocycles. The number of carboxylic acids is 1. The lowest BCUT2D eigenvalue weighted by molar-refractivity contribution is -0.136. The number of carbonyl (C=O) groups is 1. The number of para-hydroxylation sites is 1. The summed E-state index contributed by atoms with van der Waals surface area (Å²) in [4.78, 5) is 23.3. The molecule has 0 radical (unpaired) electrons. The van der Waals surface area contributed by atoms with Crippen molar-refractivity contribution in [3.63, 3.8) is 0 Å². The first-order valence-electron chi connectivity index (χ1n) is 9.79. The van der Waals surface area contributed by atoms with Gasteiger partial charge in [0.1, 0.15) is 4.90 Å². The summed E-state index contributed by atoms with van der Waals surface area (Å²) in [5, 5.41) is 17.6. The van der Waals surface area contributed by atoms with Crippen molar-refractivity contribution in [1.29, 1.82) is 0 Å². The van der Waals surface area contributed by atoms with Gasteiger partial charge in [-0.05, 0) is 36.8 Å². The zero-order valence-electron chi connectivity index (χ0n) is 17.6. The molecule has 0 amide bonds. The van der Waals surface area contributed by atoms with E-state index in [2.05, 4.69) is 30.9 Å². The van der Waals surface area contributed by atoms with Gasteiger partial charge in [0.2, 0.25) is 17.8 Å². The zero-order valence-corrected chi connectivity index (χ0v) is 18.4. The maximum Gasteiger partial charge on any atom is 0.305 e. The van der Waals surface area contributed by atoms with Crippen LogP contribution in [0.1, 0.15) is 18.9 Å². The van der Waals surface area contributed by atoms with Gasteiger partial charge >= 0.3 is 5.97 Å². The molecule has 3 aromatic rings. The van der Waals surface area contributed by atoms with E-state index in [1.807, 2.05) is 30.3 Å². The van der Waals surface area contributed by atoms with Crippen molar-refractivity contribution in [3.8, 4) is 0 Å². The van der Waals surface area contributed by atoms with E-state index in [-0.39, 0.29) is 35.7 Å². The fourth-order valence-electron chi connectivity index (χ4n) is 2.78. The number of nitrogens with one attached hydrogen (secondary N) is 3. The normalized spacial score (nSPS) is 11.3. The first kappa shape index (κ1) is 23.6. The summed E-state index contributed by atoms with van der Waals surface area (Å²) in [6.45, 7) is 1.82. The molecule has 0 fully saturated rings. The molecule has 1 aromatic heterocycles. The molecular weight excluding hydrogens is 448 g/mol. The van der Waals surface area contributed by atoms with Crippen molar-refractivity contribution in [1.82, 2.24) is 15.0 Å². The Kier molecular flexibility index (Phi) is 7.53. The average Bonchev–Trinajstić information content (AvgIpc) is 2.74. The standard InChI is InChI=1S/C21H22N6O5S/c1-2-6-14-9-10-16(13-17(14)33(30,31)32)24-21-26-19(22-12-11-18(28)29)25-20(27-21)23-15-7-4-3-5-8-15/h2-10,13H,11-12H2,1H3,(H,28,29)(H,30,31,32)(H3,22,23,24,25,26,27)/b6-2+. The average molecular weight is 471 g/mol. The first-order valence-corrected chi connectivity index (χ1v) is 11.2. The van der Waals surface area contributed by atoms with Crippen LogP contribution in [0.15, 0.2) is 59.5 Å². The number of anilines is 5. The third kappa shape index (κ3) is 6.98. The number of nitrogens with zero attached hydrogens (tertiary/aromatic N) is 3. The molecule has 3 rings (SSSR count). The summed E-state index contributed by atoms with van der Waals surface area (Å²) < 4.78 is 33.2. The summed E-state index contributed by atoms with van der Waals surface area (Å²) in [5.74, 6) is -0.609. The minimum Gasteiger partial charge on any atom is -0.481 e. The van der Waals surface area contributed by atoms with Gasteiger partial charge in [-0.2, -0.15) is 23.4 Å². The van der Waals surface area contributed by atoms with Crippen LogP contribution >= 0.6 is 0 Å². The van der Waals surface area contributed by atoms with Crippen molar-refractivity contribution in [2.75, 3.05) is 22.5 Å². The lowest BCUT2D eigenvalue weighted by Crippen LogP contribution is -2.13. The van der Waals surface area contributed by atoms with Crippen LogP contribution in [0.4, 0.5) is 29.2 Å². The van der Waals surface area contributed by atoms with Gasteiger partial charge in [0, 0.05) is 17.9 Å². The van der Waals surface area contributed by atoms with Crippen LogP contribution in [0.25, 0.3) is 6.08 Å². The van der Waals surface area contributed by atoms with Crippen molar-refractivity contribution < 1.29 is 22.9 Å². The molecule has 0 saturated carbocycles. The molecule has 172 valence electrons. The molecular formula is C21H22N6O5S. The number of benzene rings is 2. The SMILES string of the molecule is C/C=C/c1ccc(Nc2nc(NCCC(=O)O)nc(Nc3ccccc3)n2)cc1S(=O)(=O)O. The second kappa shape index (κ2) is 10.5. The Morgan fingerprint density at radius 1 is 0.970 bits per heavy atom. The molecule has 2 aromatic carbocycles. The maximum absolute atomic E-state index is 11.8. The third-order valence-electron chi connectivity index (χ3n) is 4.18. The Labute approximate surface area is 190 Å². The Morgan fingerprint density at radius 2 is 1.61 bits per heavy atom. The van der Waals surface area contributed by atoms with Gasteiger partial charge in [-0.1, -0.05) is 36.4 Å². The molecule has 0 atom stereocenters. The highest BCUT2D eigenvalue weighted by Crippen LogP contribution is 2.24. The number of rotatable bonds is 10. The molecule has 0 saturated heterocycles. The van der Waals surface area contributed by atoms with Crippen molar-refractivity contribution in [2.24, 2.45) is 0 Å². The van der Waals surface area contributed by atoms with Gasteiger partial charge in [0.25, 0.3) is 10.1 Å². The molecule has 0 aliphatic heterocycles. The van der Waals surface area contributed by atoms with E-state index in [4.69, 9.17) is 5.11 Å². The lowest BCUT2D eigenvalue weighted by atomic mass is 10.2. The van der Waals surface area contributed by atoms with Gasteiger partial charge in [-0.25, -0.2) is 0 Å². The van der Waals surface area contributed by atoms with Crippen LogP contribution in [-0.2, 0) is 14.9 Å². The van der Waals surface area contributed by atoms with Gasteiger partial charge in [0.05, 0.1) is 6.42 Å². The predicted octanol–water partition coefficient (Wildman–Crippen LogP) is 3.53. The van der Waals surface area contributed by atoms with Crippen molar-refractivity contribution in [2.45, 2.75) is 18.2 Å². The summed E-state index contributed by atoms with van der Waals surface area (Å²) in [6.07, 6.45) is 3.07. The molecule has 12 heteroatoms. The lowest BCUT2D eigenvalue weighted by Gasteiger charge is -2.12. The topological polar surface area (TPSA) is 166 Å². The largest absolute Gasteiger partial charge is 0.481 e. The van der Waals surface area contributed by atoms with E-state index in [1.165, 1.54) is 12.1 Å². The molecule has 0 aliphatic carbocycles. The Hall–Kier alpha value is -4.03. The summed E-state index contributed by atoms with van der Waals surface area (Å²) in [7, 11) is -4.47. The van der Waals surface area contributed by atoms with Crippen molar-refractivity contribution >= 4 is 51.4 Å². The molecule has 11 nitrogen and oxygen atoms in total. The van der Waals surface area contributed by atoms with E-state index in [0.29, 0.717) is 11.3 Å². The minimum atomic E-state index is -4.47. The van der Waals surface area contributed by atoms with Gasteiger partial charge in [-0.3, -0.25) is 9.35 Å². The molecule has 33 heavy (non-hydrogen) atoms. The molecule has 0 bridgehead atoms. The number of carboxylic acid groups (broad SMARTS) is 1. The summed E-state index contributed by atoms with van der Waals surface area (Å²) in [5.41, 5.74) is 1.35. The number of hydrogen-bond donors (Lipinski definition) is 5. The van der Waals surface area contributed by atoms with Crippen LogP contribution in [-0.4, -0.2) is 45.5 Å². The predicted molar refractivity (Wildman–Crippen MR) is 125 cm³/mol. The number of aromatic nitrogens is 3. The quantitative estimate of drug-likeness (QED) is 0.275. The smallest absolute Gasteiger partial charge is 0.305 e. The Morgan fingerprint density at radius 3 is 2.21 bits per heavy atom. The van der Waals surface area contributed by atoms with E-state index >= 15 is 0 Å². The van der Waals surface area contributed by atoms with Crippen molar-refractivity contribution in [3.05, 3.63) is 60.2 Å². The van der Waals surface area contributed by atoms with E-state index < -0.39 is 16.1 Å². The summed E-state index contributed by atoms with van der Waals surface area (Å²) in [6, 6.07) is 13.5. The minimum absolute atomic E-state index is 0.0707. The van der Waals surface area contributed by atoms with Gasteiger partial charge in [-0.15, -0.1) is 0 Å². The molecule has 0 spiro atoms. The van der Waals surface area contributed by atoms with Gasteiger partial charge < -0.3 is 21.1 Å². The number of allylic oxidation sites excluding steroid dienone is 1. The molecule has 0 aliphatic rings. The zero-order chi connectivity index (χ0) is 23.8. The fraction of sp³-hybridized carbons (Fsp3) is 0.143. The Bertz CT molecular complexity index is 1270. The second-order valence-electron chi connectivity index (χ2n) is 6.72. The highest BCUT2D eigenvalue weighted by molar-refractivity contribution is 7.86. The second-order valence-corrected chi connectivity index (χ2v) is 8.11. The Balaban J connectivity index is 1.93. The number of aliphatic carboxylic acids is 1. The van der Waals surface area contributed by atoms with Crippen LogP contribution in [0.5, 0.6) is 0 Å². The van der Waals surface area contributed by atoms with Gasteiger partial charge in [0.15, 0.2) is 0 Å². The maximum atomic E-state index is 11.8. The van der Waals surface area contributed by atoms with E-state index in [0.717, 1.165) is 5.69 Å². The van der Waals surface area contributed by atoms with Crippen LogP contribution < -0.4 is 16.0 Å². The number of hydrogen-bond acceptors (Lipinski definition) is 9. The van der Waals surface area contributed by atoms with E-state index in [1.54, 1.807) is 25.1 Å². The third-order valence-corrected chi connectivity index (χ3v) is 5.09. The molecule has 0 unspecified atom stereocenters. The monoisotopic (exact) mass is 470 g/mol. The first-order chi connectivity index (χ1) is 15.7. The highest BCUT2D eigenvalue weighted by atomic mass is 32.2. The highest BCUT2D eigenvalue weighted by Gasteiger charge is 2.16. The van der Waals surface area contributed by atoms with Crippen LogP contribution in [0, 0.1) is 0 Å².